The Morgan fingerprint density at radius 3 is 2.68 bits per heavy atom. The molecule has 0 fully saturated rings. The summed E-state index contributed by atoms with van der Waals surface area (Å²) in [4.78, 5) is 13.1. The monoisotopic (exact) mass is 340 g/mol. The minimum absolute atomic E-state index is 0.0683. The van der Waals surface area contributed by atoms with Gasteiger partial charge in [0.05, 0.1) is 13.7 Å². The van der Waals surface area contributed by atoms with E-state index in [1.54, 1.807) is 0 Å². The molecule has 0 saturated carbocycles. The van der Waals surface area contributed by atoms with Gasteiger partial charge in [0.15, 0.2) is 0 Å². The highest BCUT2D eigenvalue weighted by Crippen LogP contribution is 2.24. The first-order valence-corrected chi connectivity index (χ1v) is 8.76. The van der Waals surface area contributed by atoms with Crippen molar-refractivity contribution in [2.75, 3.05) is 14.2 Å². The summed E-state index contributed by atoms with van der Waals surface area (Å²) in [6.07, 6.45) is 0. The Morgan fingerprint density at radius 1 is 1.32 bits per heavy atom. The van der Waals surface area contributed by atoms with Gasteiger partial charge in [0, 0.05) is 10.4 Å². The molecule has 1 aromatic carbocycles. The SMILES string of the molecule is CNS(=O)(=O)c1cc(C(=O)NCc2cccs2)ccc1OC. The van der Waals surface area contributed by atoms with Crippen molar-refractivity contribution in [2.45, 2.75) is 11.4 Å². The van der Waals surface area contributed by atoms with Crippen molar-refractivity contribution in [2.24, 2.45) is 0 Å². The molecule has 0 spiro atoms. The van der Waals surface area contributed by atoms with Crippen LogP contribution in [0.5, 0.6) is 5.75 Å². The van der Waals surface area contributed by atoms with Crippen LogP contribution in [-0.2, 0) is 16.6 Å². The van der Waals surface area contributed by atoms with Crippen molar-refractivity contribution < 1.29 is 17.9 Å². The van der Waals surface area contributed by atoms with Gasteiger partial charge in [0.1, 0.15) is 10.6 Å². The van der Waals surface area contributed by atoms with E-state index in [-0.39, 0.29) is 22.1 Å². The minimum atomic E-state index is -3.71. The molecule has 22 heavy (non-hydrogen) atoms. The molecule has 0 saturated heterocycles. The molecule has 0 atom stereocenters. The van der Waals surface area contributed by atoms with Crippen LogP contribution in [0.15, 0.2) is 40.6 Å². The van der Waals surface area contributed by atoms with Gasteiger partial charge in [0.25, 0.3) is 5.91 Å². The maximum Gasteiger partial charge on any atom is 0.251 e. The molecule has 0 unspecified atom stereocenters. The van der Waals surface area contributed by atoms with Crippen molar-refractivity contribution >= 4 is 27.3 Å². The molecule has 6 nitrogen and oxygen atoms in total. The molecule has 2 N–H and O–H groups in total. The lowest BCUT2D eigenvalue weighted by atomic mass is 10.2. The van der Waals surface area contributed by atoms with Gasteiger partial charge in [-0.2, -0.15) is 0 Å². The van der Waals surface area contributed by atoms with Crippen molar-refractivity contribution in [1.29, 1.82) is 0 Å². The Hall–Kier alpha value is -1.90. The van der Waals surface area contributed by atoms with E-state index in [4.69, 9.17) is 4.74 Å². The summed E-state index contributed by atoms with van der Waals surface area (Å²) in [6.45, 7) is 0.399. The number of nitrogens with one attached hydrogen (secondary N) is 2. The molecule has 0 bridgehead atoms. The van der Waals surface area contributed by atoms with E-state index in [0.29, 0.717) is 6.54 Å². The molecule has 0 aliphatic heterocycles. The summed E-state index contributed by atoms with van der Waals surface area (Å²) in [7, 11) is -1.03. The first-order valence-electron chi connectivity index (χ1n) is 6.40. The topological polar surface area (TPSA) is 84.5 Å². The van der Waals surface area contributed by atoms with Crippen LogP contribution < -0.4 is 14.8 Å². The summed E-state index contributed by atoms with van der Waals surface area (Å²) in [5.41, 5.74) is 0.256. The fraction of sp³-hybridized carbons (Fsp3) is 0.214. The average Bonchev–Trinajstić information content (AvgIpc) is 3.05. The van der Waals surface area contributed by atoms with E-state index in [1.807, 2.05) is 17.5 Å². The van der Waals surface area contributed by atoms with Crippen LogP contribution in [-0.4, -0.2) is 28.5 Å². The summed E-state index contributed by atoms with van der Waals surface area (Å²) >= 11 is 1.54. The predicted octanol–water partition coefficient (Wildman–Crippen LogP) is 1.59. The summed E-state index contributed by atoms with van der Waals surface area (Å²) in [5.74, 6) is -0.159. The minimum Gasteiger partial charge on any atom is -0.495 e. The zero-order chi connectivity index (χ0) is 16.2. The highest BCUT2D eigenvalue weighted by atomic mass is 32.2. The average molecular weight is 340 g/mol. The molecule has 2 rings (SSSR count). The van der Waals surface area contributed by atoms with Gasteiger partial charge in [-0.1, -0.05) is 6.07 Å². The van der Waals surface area contributed by atoms with Gasteiger partial charge in [-0.3, -0.25) is 4.79 Å². The molecule has 8 heteroatoms. The summed E-state index contributed by atoms with van der Waals surface area (Å²) in [5, 5.41) is 4.67. The second-order valence-corrected chi connectivity index (χ2v) is 7.22. The third kappa shape index (κ3) is 3.65. The van der Waals surface area contributed by atoms with Gasteiger partial charge in [-0.05, 0) is 36.7 Å². The molecular weight excluding hydrogens is 324 g/mol. The number of ether oxygens (including phenoxy) is 1. The van der Waals surface area contributed by atoms with E-state index in [1.165, 1.54) is 43.7 Å². The number of carbonyl (C=O) groups is 1. The Balaban J connectivity index is 2.24. The molecule has 2 aromatic rings. The van der Waals surface area contributed by atoms with Crippen LogP contribution in [0.1, 0.15) is 15.2 Å². The number of rotatable bonds is 6. The zero-order valence-electron chi connectivity index (χ0n) is 12.1. The second kappa shape index (κ2) is 6.91. The van der Waals surface area contributed by atoms with Crippen molar-refractivity contribution in [3.05, 3.63) is 46.2 Å². The zero-order valence-corrected chi connectivity index (χ0v) is 13.8. The van der Waals surface area contributed by atoms with Gasteiger partial charge < -0.3 is 10.1 Å². The number of hydrogen-bond donors (Lipinski definition) is 2. The van der Waals surface area contributed by atoms with Gasteiger partial charge in [-0.15, -0.1) is 11.3 Å². The molecular formula is C14H16N2O4S2. The first kappa shape index (κ1) is 16.5. The van der Waals surface area contributed by atoms with E-state index in [0.717, 1.165) is 4.88 Å². The smallest absolute Gasteiger partial charge is 0.251 e. The Labute approximate surface area is 133 Å². The van der Waals surface area contributed by atoms with Crippen LogP contribution in [0.2, 0.25) is 0 Å². The van der Waals surface area contributed by atoms with Crippen LogP contribution in [0.4, 0.5) is 0 Å². The first-order chi connectivity index (χ1) is 10.5. The molecule has 1 aromatic heterocycles. The Bertz CT molecular complexity index is 755. The summed E-state index contributed by atoms with van der Waals surface area (Å²) in [6, 6.07) is 8.10. The van der Waals surface area contributed by atoms with Gasteiger partial charge in [0.2, 0.25) is 10.0 Å². The molecule has 118 valence electrons. The number of sulfonamides is 1. The van der Waals surface area contributed by atoms with E-state index < -0.39 is 10.0 Å². The van der Waals surface area contributed by atoms with Crippen LogP contribution >= 0.6 is 11.3 Å². The second-order valence-electron chi connectivity index (χ2n) is 4.34. The molecule has 0 radical (unpaired) electrons. The van der Waals surface area contributed by atoms with E-state index in [2.05, 4.69) is 10.0 Å². The number of thiophene rings is 1. The number of amides is 1. The Kier molecular flexibility index (Phi) is 5.17. The molecule has 0 aliphatic carbocycles. The lowest BCUT2D eigenvalue weighted by molar-refractivity contribution is 0.0951. The quantitative estimate of drug-likeness (QED) is 0.836. The lowest BCUT2D eigenvalue weighted by Crippen LogP contribution is -2.24. The highest BCUT2D eigenvalue weighted by Gasteiger charge is 2.20. The van der Waals surface area contributed by atoms with Gasteiger partial charge >= 0.3 is 0 Å². The normalized spacial score (nSPS) is 11.2. The maximum absolute atomic E-state index is 12.1. The standard InChI is InChI=1S/C14H16N2O4S2/c1-15-22(18,19)13-8-10(5-6-12(13)20-2)14(17)16-9-11-4-3-7-21-11/h3-8,15H,9H2,1-2H3,(H,16,17). The number of hydrogen-bond acceptors (Lipinski definition) is 5. The van der Waals surface area contributed by atoms with E-state index >= 15 is 0 Å². The largest absolute Gasteiger partial charge is 0.495 e. The fourth-order valence-corrected chi connectivity index (χ4v) is 3.38. The van der Waals surface area contributed by atoms with Crippen molar-refractivity contribution in [3.63, 3.8) is 0 Å². The number of carbonyl (C=O) groups excluding carboxylic acids is 1. The van der Waals surface area contributed by atoms with Gasteiger partial charge in [-0.25, -0.2) is 13.1 Å². The molecule has 1 heterocycles. The van der Waals surface area contributed by atoms with Crippen molar-refractivity contribution in [1.82, 2.24) is 10.0 Å². The van der Waals surface area contributed by atoms with Crippen LogP contribution in [0.3, 0.4) is 0 Å². The van der Waals surface area contributed by atoms with Crippen molar-refractivity contribution in [3.8, 4) is 5.75 Å². The third-order valence-electron chi connectivity index (χ3n) is 2.99. The molecule has 1 amide bonds. The van der Waals surface area contributed by atoms with Crippen LogP contribution in [0.25, 0.3) is 0 Å². The van der Waals surface area contributed by atoms with Crippen LogP contribution in [0, 0.1) is 0 Å². The number of benzene rings is 1. The Morgan fingerprint density at radius 2 is 2.09 bits per heavy atom. The maximum atomic E-state index is 12.1. The number of methoxy groups -OCH3 is 1. The fourth-order valence-electron chi connectivity index (χ4n) is 1.82. The molecule has 0 aliphatic rings. The highest BCUT2D eigenvalue weighted by molar-refractivity contribution is 7.89. The van der Waals surface area contributed by atoms with E-state index in [9.17, 15) is 13.2 Å². The summed E-state index contributed by atoms with van der Waals surface area (Å²) < 4.78 is 31.2. The predicted molar refractivity (Wildman–Crippen MR) is 84.7 cm³/mol. The third-order valence-corrected chi connectivity index (χ3v) is 5.30. The lowest BCUT2D eigenvalue weighted by Gasteiger charge is -2.11.